The number of aliphatic carboxylic acids is 1. The lowest BCUT2D eigenvalue weighted by atomic mass is 10.00. The second-order valence-corrected chi connectivity index (χ2v) is 5.48. The van der Waals surface area contributed by atoms with Crippen LogP contribution in [0.4, 0.5) is 0 Å². The molecule has 0 spiro atoms. The Labute approximate surface area is 115 Å². The third kappa shape index (κ3) is 2.81. The first-order valence-electron chi connectivity index (χ1n) is 7.12. The standard InChI is InChI=1S/C16H23NO2/c1-4-13-5-7-14(8-6-13)11(2)17-10-9-15(12(17)3)16(18)19/h5-8,11-12,15H,4,9-10H2,1-3H3,(H,18,19). The number of likely N-dealkylation sites (tertiary alicyclic amines) is 1. The minimum atomic E-state index is -0.663. The molecule has 2 rings (SSSR count). The summed E-state index contributed by atoms with van der Waals surface area (Å²) in [5.74, 6) is -0.888. The van der Waals surface area contributed by atoms with Crippen LogP contribution in [-0.2, 0) is 11.2 Å². The first-order valence-corrected chi connectivity index (χ1v) is 7.12. The Kier molecular flexibility index (Phi) is 4.25. The van der Waals surface area contributed by atoms with E-state index in [0.717, 1.165) is 19.4 Å². The number of aryl methyl sites for hydroxylation is 1. The lowest BCUT2D eigenvalue weighted by Gasteiger charge is -2.30. The molecule has 3 heteroatoms. The summed E-state index contributed by atoms with van der Waals surface area (Å²) in [7, 11) is 0. The van der Waals surface area contributed by atoms with Crippen molar-refractivity contribution >= 4 is 5.97 Å². The van der Waals surface area contributed by atoms with Crippen molar-refractivity contribution in [1.82, 2.24) is 4.90 Å². The van der Waals surface area contributed by atoms with Gasteiger partial charge in [0.15, 0.2) is 0 Å². The first kappa shape index (κ1) is 14.1. The number of carboxylic acid groups (broad SMARTS) is 1. The van der Waals surface area contributed by atoms with Gasteiger partial charge in [0.25, 0.3) is 0 Å². The molecule has 3 nitrogen and oxygen atoms in total. The van der Waals surface area contributed by atoms with Crippen LogP contribution in [0.5, 0.6) is 0 Å². The molecule has 19 heavy (non-hydrogen) atoms. The maximum absolute atomic E-state index is 11.2. The van der Waals surface area contributed by atoms with E-state index in [1.54, 1.807) is 0 Å². The van der Waals surface area contributed by atoms with Gasteiger partial charge in [-0.05, 0) is 44.4 Å². The smallest absolute Gasteiger partial charge is 0.308 e. The Balaban J connectivity index is 2.11. The number of nitrogens with zero attached hydrogens (tertiary/aromatic N) is 1. The van der Waals surface area contributed by atoms with Crippen molar-refractivity contribution < 1.29 is 9.90 Å². The Bertz CT molecular complexity index is 441. The van der Waals surface area contributed by atoms with Gasteiger partial charge >= 0.3 is 5.97 Å². The van der Waals surface area contributed by atoms with Crippen molar-refractivity contribution in [2.24, 2.45) is 5.92 Å². The number of carboxylic acids is 1. The number of carbonyl (C=O) groups is 1. The van der Waals surface area contributed by atoms with E-state index in [9.17, 15) is 9.90 Å². The largest absolute Gasteiger partial charge is 0.481 e. The van der Waals surface area contributed by atoms with Crippen LogP contribution < -0.4 is 0 Å². The van der Waals surface area contributed by atoms with E-state index < -0.39 is 5.97 Å². The van der Waals surface area contributed by atoms with Crippen molar-refractivity contribution in [1.29, 1.82) is 0 Å². The second kappa shape index (κ2) is 5.74. The molecular weight excluding hydrogens is 238 g/mol. The zero-order valence-corrected chi connectivity index (χ0v) is 12.0. The highest BCUT2D eigenvalue weighted by Gasteiger charge is 2.37. The maximum atomic E-state index is 11.2. The van der Waals surface area contributed by atoms with E-state index in [1.807, 2.05) is 6.92 Å². The highest BCUT2D eigenvalue weighted by atomic mass is 16.4. The van der Waals surface area contributed by atoms with Crippen LogP contribution >= 0.6 is 0 Å². The topological polar surface area (TPSA) is 40.5 Å². The van der Waals surface area contributed by atoms with Crippen LogP contribution in [0.3, 0.4) is 0 Å². The van der Waals surface area contributed by atoms with E-state index in [-0.39, 0.29) is 18.0 Å². The molecule has 0 aromatic heterocycles. The molecule has 104 valence electrons. The van der Waals surface area contributed by atoms with Crippen molar-refractivity contribution in [3.05, 3.63) is 35.4 Å². The molecule has 0 bridgehead atoms. The summed E-state index contributed by atoms with van der Waals surface area (Å²) in [4.78, 5) is 13.5. The lowest BCUT2D eigenvalue weighted by molar-refractivity contribution is -0.142. The van der Waals surface area contributed by atoms with E-state index in [4.69, 9.17) is 0 Å². The molecule has 0 radical (unpaired) electrons. The summed E-state index contributed by atoms with van der Waals surface area (Å²) in [5.41, 5.74) is 2.61. The molecule has 1 saturated heterocycles. The normalized spacial score (nSPS) is 25.4. The number of rotatable bonds is 4. The summed E-state index contributed by atoms with van der Waals surface area (Å²) in [6.45, 7) is 7.22. The van der Waals surface area contributed by atoms with E-state index in [2.05, 4.69) is 43.0 Å². The van der Waals surface area contributed by atoms with Crippen molar-refractivity contribution in [3.8, 4) is 0 Å². The van der Waals surface area contributed by atoms with Gasteiger partial charge in [0.1, 0.15) is 0 Å². The van der Waals surface area contributed by atoms with Crippen LogP contribution in [0.25, 0.3) is 0 Å². The quantitative estimate of drug-likeness (QED) is 0.905. The molecule has 3 atom stereocenters. The van der Waals surface area contributed by atoms with E-state index in [0.29, 0.717) is 0 Å². The number of hydrogen-bond acceptors (Lipinski definition) is 2. The third-order valence-electron chi connectivity index (χ3n) is 4.49. The summed E-state index contributed by atoms with van der Waals surface area (Å²) in [6.07, 6.45) is 1.81. The minimum Gasteiger partial charge on any atom is -0.481 e. The summed E-state index contributed by atoms with van der Waals surface area (Å²) in [5, 5.41) is 9.20. The van der Waals surface area contributed by atoms with Crippen molar-refractivity contribution in [3.63, 3.8) is 0 Å². The van der Waals surface area contributed by atoms with Crippen LogP contribution in [-0.4, -0.2) is 28.6 Å². The van der Waals surface area contributed by atoms with Gasteiger partial charge in [-0.1, -0.05) is 31.2 Å². The van der Waals surface area contributed by atoms with Crippen LogP contribution in [0, 0.1) is 5.92 Å². The van der Waals surface area contributed by atoms with Gasteiger partial charge in [-0.15, -0.1) is 0 Å². The Hall–Kier alpha value is -1.35. The van der Waals surface area contributed by atoms with Crippen LogP contribution in [0.1, 0.15) is 44.4 Å². The molecule has 0 aliphatic carbocycles. The average molecular weight is 261 g/mol. The third-order valence-corrected chi connectivity index (χ3v) is 4.49. The molecule has 3 unspecified atom stereocenters. The number of hydrogen-bond donors (Lipinski definition) is 1. The lowest BCUT2D eigenvalue weighted by Crippen LogP contribution is -2.34. The molecule has 1 N–H and O–H groups in total. The van der Waals surface area contributed by atoms with Gasteiger partial charge in [-0.25, -0.2) is 0 Å². The molecule has 1 aromatic carbocycles. The zero-order valence-electron chi connectivity index (χ0n) is 12.0. The Morgan fingerprint density at radius 1 is 1.42 bits per heavy atom. The predicted octanol–water partition coefficient (Wildman–Crippen LogP) is 3.11. The molecule has 1 aromatic rings. The summed E-state index contributed by atoms with van der Waals surface area (Å²) in [6, 6.07) is 9.07. The Morgan fingerprint density at radius 2 is 2.05 bits per heavy atom. The monoisotopic (exact) mass is 261 g/mol. The highest BCUT2D eigenvalue weighted by molar-refractivity contribution is 5.71. The predicted molar refractivity (Wildman–Crippen MR) is 76.1 cm³/mol. The molecule has 1 aliphatic rings. The van der Waals surface area contributed by atoms with Crippen LogP contribution in [0.2, 0.25) is 0 Å². The van der Waals surface area contributed by atoms with Gasteiger partial charge in [0.2, 0.25) is 0 Å². The second-order valence-electron chi connectivity index (χ2n) is 5.48. The highest BCUT2D eigenvalue weighted by Crippen LogP contribution is 2.32. The van der Waals surface area contributed by atoms with Crippen LogP contribution in [0.15, 0.2) is 24.3 Å². The minimum absolute atomic E-state index is 0.110. The fourth-order valence-corrected chi connectivity index (χ4v) is 3.06. The van der Waals surface area contributed by atoms with Crippen molar-refractivity contribution in [2.45, 2.75) is 45.7 Å². The Morgan fingerprint density at radius 3 is 2.53 bits per heavy atom. The van der Waals surface area contributed by atoms with Gasteiger partial charge in [0.05, 0.1) is 5.92 Å². The zero-order chi connectivity index (χ0) is 14.0. The molecule has 0 saturated carbocycles. The fourth-order valence-electron chi connectivity index (χ4n) is 3.06. The number of benzene rings is 1. The molecule has 1 heterocycles. The molecule has 1 aliphatic heterocycles. The fraction of sp³-hybridized carbons (Fsp3) is 0.562. The summed E-state index contributed by atoms with van der Waals surface area (Å²) < 4.78 is 0. The van der Waals surface area contributed by atoms with E-state index >= 15 is 0 Å². The SMILES string of the molecule is CCc1ccc(C(C)N2CCC(C(=O)O)C2C)cc1. The molecule has 1 fully saturated rings. The first-order chi connectivity index (χ1) is 9.04. The van der Waals surface area contributed by atoms with Gasteiger partial charge in [-0.3, -0.25) is 9.69 Å². The van der Waals surface area contributed by atoms with Gasteiger partial charge in [0, 0.05) is 12.1 Å². The molecule has 0 amide bonds. The van der Waals surface area contributed by atoms with Crippen molar-refractivity contribution in [2.75, 3.05) is 6.54 Å². The average Bonchev–Trinajstić information content (AvgIpc) is 2.80. The van der Waals surface area contributed by atoms with E-state index in [1.165, 1.54) is 11.1 Å². The van der Waals surface area contributed by atoms with Gasteiger partial charge < -0.3 is 5.11 Å². The molecular formula is C16H23NO2. The maximum Gasteiger partial charge on any atom is 0.308 e. The van der Waals surface area contributed by atoms with Gasteiger partial charge in [-0.2, -0.15) is 0 Å². The summed E-state index contributed by atoms with van der Waals surface area (Å²) >= 11 is 0.